The molecule has 2 aromatic rings. The van der Waals surface area contributed by atoms with Crippen molar-refractivity contribution in [3.05, 3.63) is 66.2 Å². The highest BCUT2D eigenvalue weighted by atomic mass is 35.5. The standard InChI is InChI=1S/C23H34NO2.ClH/c1-20(2)17-23(26-22-13-9-6-10-14-22)19-25-16-15-24(3,4)18-21-11-7-5-8-12-21;/h5-14,20,23H,15-19H2,1-4H3;1H/q+1;/p-1. The molecule has 27 heavy (non-hydrogen) atoms. The maximum Gasteiger partial charge on any atom is 0.122 e. The Morgan fingerprint density at radius 2 is 1.48 bits per heavy atom. The first-order valence-electron chi connectivity index (χ1n) is 9.60. The molecule has 0 aliphatic carbocycles. The zero-order chi connectivity index (χ0) is 18.8. The third-order valence-electron chi connectivity index (χ3n) is 4.38. The molecule has 0 aliphatic heterocycles. The SMILES string of the molecule is CC(C)CC(COCC[N+](C)(C)Cc1ccccc1)Oc1ccccc1.[Cl-]. The van der Waals surface area contributed by atoms with Crippen LogP contribution in [0, 0.1) is 5.92 Å². The lowest BCUT2D eigenvalue weighted by molar-refractivity contribution is -0.904. The number of ether oxygens (including phenoxy) is 2. The van der Waals surface area contributed by atoms with Crippen molar-refractivity contribution in [1.82, 2.24) is 0 Å². The summed E-state index contributed by atoms with van der Waals surface area (Å²) in [4.78, 5) is 0. The minimum atomic E-state index is 0. The normalized spacial score (nSPS) is 12.5. The molecule has 0 spiro atoms. The minimum Gasteiger partial charge on any atom is -1.00 e. The van der Waals surface area contributed by atoms with Crippen LogP contribution in [0.1, 0.15) is 25.8 Å². The van der Waals surface area contributed by atoms with Crippen LogP contribution in [0.4, 0.5) is 0 Å². The highest BCUT2D eigenvalue weighted by Crippen LogP contribution is 2.16. The van der Waals surface area contributed by atoms with E-state index in [1.54, 1.807) is 0 Å². The van der Waals surface area contributed by atoms with Crippen molar-refractivity contribution >= 4 is 0 Å². The summed E-state index contributed by atoms with van der Waals surface area (Å²) < 4.78 is 13.0. The van der Waals surface area contributed by atoms with Crippen LogP contribution in [0.15, 0.2) is 60.7 Å². The van der Waals surface area contributed by atoms with Crippen LogP contribution in [0.3, 0.4) is 0 Å². The van der Waals surface area contributed by atoms with Crippen molar-refractivity contribution in [3.63, 3.8) is 0 Å². The summed E-state index contributed by atoms with van der Waals surface area (Å²) >= 11 is 0. The van der Waals surface area contributed by atoms with E-state index in [-0.39, 0.29) is 18.5 Å². The lowest BCUT2D eigenvalue weighted by Gasteiger charge is -2.30. The van der Waals surface area contributed by atoms with Crippen molar-refractivity contribution in [1.29, 1.82) is 0 Å². The van der Waals surface area contributed by atoms with Gasteiger partial charge < -0.3 is 26.4 Å². The van der Waals surface area contributed by atoms with E-state index in [4.69, 9.17) is 9.47 Å². The van der Waals surface area contributed by atoms with E-state index >= 15 is 0 Å². The third kappa shape index (κ3) is 9.81. The van der Waals surface area contributed by atoms with Crippen LogP contribution in [-0.2, 0) is 11.3 Å². The zero-order valence-corrected chi connectivity index (χ0v) is 17.9. The summed E-state index contributed by atoms with van der Waals surface area (Å²) in [5, 5.41) is 0. The van der Waals surface area contributed by atoms with Crippen LogP contribution < -0.4 is 17.1 Å². The monoisotopic (exact) mass is 391 g/mol. The van der Waals surface area contributed by atoms with Gasteiger partial charge in [-0.25, -0.2) is 0 Å². The molecule has 0 fully saturated rings. The first kappa shape index (κ1) is 23.5. The zero-order valence-electron chi connectivity index (χ0n) is 17.1. The quantitative estimate of drug-likeness (QED) is 0.429. The maximum atomic E-state index is 6.12. The second-order valence-electron chi connectivity index (χ2n) is 8.06. The molecule has 4 heteroatoms. The van der Waals surface area contributed by atoms with Crippen molar-refractivity contribution < 1.29 is 26.4 Å². The van der Waals surface area contributed by atoms with Crippen molar-refractivity contribution in [2.75, 3.05) is 33.9 Å². The van der Waals surface area contributed by atoms with Gasteiger partial charge in [-0.3, -0.25) is 0 Å². The summed E-state index contributed by atoms with van der Waals surface area (Å²) in [6, 6.07) is 20.7. The topological polar surface area (TPSA) is 18.5 Å². The summed E-state index contributed by atoms with van der Waals surface area (Å²) in [5.74, 6) is 1.50. The number of rotatable bonds is 11. The third-order valence-corrected chi connectivity index (χ3v) is 4.38. The van der Waals surface area contributed by atoms with Crippen molar-refractivity contribution in [3.8, 4) is 5.75 Å². The molecule has 1 atom stereocenters. The van der Waals surface area contributed by atoms with Crippen LogP contribution in [0.25, 0.3) is 0 Å². The van der Waals surface area contributed by atoms with Crippen molar-refractivity contribution in [2.45, 2.75) is 32.9 Å². The Balaban J connectivity index is 0.00000364. The summed E-state index contributed by atoms with van der Waals surface area (Å²) in [5.41, 5.74) is 1.36. The Kier molecular flexibility index (Phi) is 10.5. The Morgan fingerprint density at radius 3 is 2.07 bits per heavy atom. The van der Waals surface area contributed by atoms with Gasteiger partial charge in [0.1, 0.15) is 24.9 Å². The number of hydrogen-bond donors (Lipinski definition) is 0. The first-order chi connectivity index (χ1) is 12.4. The first-order valence-corrected chi connectivity index (χ1v) is 9.60. The maximum absolute atomic E-state index is 6.12. The molecule has 0 aromatic heterocycles. The molecule has 1 unspecified atom stereocenters. The fourth-order valence-corrected chi connectivity index (χ4v) is 3.05. The van der Waals surface area contributed by atoms with E-state index in [1.807, 2.05) is 30.3 Å². The number of benzene rings is 2. The smallest absolute Gasteiger partial charge is 0.122 e. The van der Waals surface area contributed by atoms with E-state index in [9.17, 15) is 0 Å². The molecule has 3 nitrogen and oxygen atoms in total. The van der Waals surface area contributed by atoms with E-state index in [1.165, 1.54) is 5.56 Å². The summed E-state index contributed by atoms with van der Waals surface area (Å²) in [6.07, 6.45) is 1.10. The molecule has 0 bridgehead atoms. The minimum absolute atomic E-state index is 0. The fraction of sp³-hybridized carbons (Fsp3) is 0.478. The van der Waals surface area contributed by atoms with Crippen LogP contribution in [0.2, 0.25) is 0 Å². The number of para-hydroxylation sites is 1. The van der Waals surface area contributed by atoms with Gasteiger partial charge in [-0.2, -0.15) is 0 Å². The number of nitrogens with zero attached hydrogens (tertiary/aromatic N) is 1. The second-order valence-corrected chi connectivity index (χ2v) is 8.06. The van der Waals surface area contributed by atoms with E-state index in [0.29, 0.717) is 12.5 Å². The average Bonchev–Trinajstić information content (AvgIpc) is 2.59. The Labute approximate surface area is 171 Å². The Hall–Kier alpha value is -1.55. The lowest BCUT2D eigenvalue weighted by atomic mass is 10.1. The van der Waals surface area contributed by atoms with Gasteiger partial charge in [-0.15, -0.1) is 0 Å². The predicted molar refractivity (Wildman–Crippen MR) is 108 cm³/mol. The van der Waals surface area contributed by atoms with Gasteiger partial charge in [-0.05, 0) is 24.5 Å². The van der Waals surface area contributed by atoms with Gasteiger partial charge in [0, 0.05) is 5.56 Å². The molecule has 0 radical (unpaired) electrons. The lowest BCUT2D eigenvalue weighted by Crippen LogP contribution is -3.00. The highest BCUT2D eigenvalue weighted by Gasteiger charge is 2.17. The van der Waals surface area contributed by atoms with Gasteiger partial charge in [0.2, 0.25) is 0 Å². The number of halogens is 1. The van der Waals surface area contributed by atoms with Crippen LogP contribution >= 0.6 is 0 Å². The molecule has 0 amide bonds. The number of quaternary nitrogens is 1. The van der Waals surface area contributed by atoms with Crippen molar-refractivity contribution in [2.24, 2.45) is 5.92 Å². The van der Waals surface area contributed by atoms with E-state index < -0.39 is 0 Å². The van der Waals surface area contributed by atoms with Crippen LogP contribution in [0.5, 0.6) is 5.75 Å². The largest absolute Gasteiger partial charge is 1.00 e. The molecular weight excluding hydrogens is 358 g/mol. The highest BCUT2D eigenvalue weighted by molar-refractivity contribution is 5.21. The Morgan fingerprint density at radius 1 is 0.889 bits per heavy atom. The molecule has 2 rings (SSSR count). The molecule has 0 saturated heterocycles. The van der Waals surface area contributed by atoms with E-state index in [2.05, 4.69) is 58.3 Å². The molecule has 2 aromatic carbocycles. The molecule has 0 N–H and O–H groups in total. The van der Waals surface area contributed by atoms with Gasteiger partial charge in [-0.1, -0.05) is 62.4 Å². The molecule has 0 saturated carbocycles. The average molecular weight is 392 g/mol. The molecular formula is C23H34ClNO2. The molecule has 0 aliphatic rings. The van der Waals surface area contributed by atoms with Gasteiger partial charge >= 0.3 is 0 Å². The number of hydrogen-bond acceptors (Lipinski definition) is 2. The van der Waals surface area contributed by atoms with E-state index in [0.717, 1.165) is 36.3 Å². The number of likely N-dealkylation sites (N-methyl/N-ethyl adjacent to an activating group) is 1. The molecule has 0 heterocycles. The van der Waals surface area contributed by atoms with Gasteiger partial charge in [0.15, 0.2) is 0 Å². The summed E-state index contributed by atoms with van der Waals surface area (Å²) in [7, 11) is 4.50. The predicted octanol–water partition coefficient (Wildman–Crippen LogP) is 1.78. The Bertz CT molecular complexity index is 617. The fourth-order valence-electron chi connectivity index (χ4n) is 3.05. The van der Waals surface area contributed by atoms with Gasteiger partial charge in [0.05, 0.1) is 27.3 Å². The van der Waals surface area contributed by atoms with Gasteiger partial charge in [0.25, 0.3) is 0 Å². The molecule has 150 valence electrons. The second kappa shape index (κ2) is 12.0. The summed E-state index contributed by atoms with van der Waals surface area (Å²) in [6.45, 7) is 7.82. The van der Waals surface area contributed by atoms with Crippen LogP contribution in [-0.4, -0.2) is 44.4 Å².